The second-order valence-electron chi connectivity index (χ2n) is 10.4. The van der Waals surface area contributed by atoms with E-state index >= 15 is 0 Å². The number of rotatable bonds is 10. The molecule has 2 unspecified atom stereocenters. The Hall–Kier alpha value is -3.23. The number of pyridine rings is 1. The second-order valence-corrected chi connectivity index (χ2v) is 10.4. The molecule has 0 saturated heterocycles. The third-order valence-electron chi connectivity index (χ3n) is 6.50. The van der Waals surface area contributed by atoms with E-state index in [9.17, 15) is 9.18 Å². The van der Waals surface area contributed by atoms with Crippen LogP contribution in [0.3, 0.4) is 0 Å². The van der Waals surface area contributed by atoms with Crippen LogP contribution in [0.4, 0.5) is 4.39 Å². The summed E-state index contributed by atoms with van der Waals surface area (Å²) >= 11 is 0. The molecule has 0 bridgehead atoms. The molecular weight excluding hydrogens is 471 g/mol. The van der Waals surface area contributed by atoms with Crippen molar-refractivity contribution in [3.8, 4) is 5.88 Å². The van der Waals surface area contributed by atoms with Gasteiger partial charge in [-0.05, 0) is 38.8 Å². The normalized spacial score (nSPS) is 18.3. The molecule has 3 heterocycles. The van der Waals surface area contributed by atoms with Gasteiger partial charge in [-0.2, -0.15) is 0 Å². The maximum atomic E-state index is 14.9. The van der Waals surface area contributed by atoms with Crippen LogP contribution in [0.15, 0.2) is 59.2 Å². The smallest absolute Gasteiger partial charge is 0.245 e. The summed E-state index contributed by atoms with van der Waals surface area (Å²) in [4.78, 5) is 19.8. The number of furan rings is 1. The molecule has 1 aromatic carbocycles. The topological polar surface area (TPSA) is 70.8 Å². The summed E-state index contributed by atoms with van der Waals surface area (Å²) < 4.78 is 27.0. The SMILES string of the molecule is CC1Cc2c(oc3ccccc23)C(c2ccc(OCCNC/C=C/C(=O)N(C)C)nc2)N1CC(C)(C)F. The molecule has 0 aliphatic carbocycles. The van der Waals surface area contributed by atoms with Crippen molar-refractivity contribution >= 4 is 16.9 Å². The average molecular weight is 509 g/mol. The van der Waals surface area contributed by atoms with E-state index in [0.29, 0.717) is 25.6 Å². The van der Waals surface area contributed by atoms with Crippen molar-refractivity contribution in [3.05, 3.63) is 71.6 Å². The Balaban J connectivity index is 1.46. The molecule has 8 heteroatoms. The van der Waals surface area contributed by atoms with Gasteiger partial charge in [0.15, 0.2) is 0 Å². The number of amides is 1. The first-order valence-corrected chi connectivity index (χ1v) is 12.8. The molecule has 0 spiro atoms. The third-order valence-corrected chi connectivity index (χ3v) is 6.50. The zero-order valence-electron chi connectivity index (χ0n) is 22.3. The van der Waals surface area contributed by atoms with Crippen LogP contribution in [-0.2, 0) is 11.2 Å². The van der Waals surface area contributed by atoms with E-state index in [-0.39, 0.29) is 24.5 Å². The van der Waals surface area contributed by atoms with E-state index in [1.165, 1.54) is 10.5 Å². The largest absolute Gasteiger partial charge is 0.476 e. The van der Waals surface area contributed by atoms with Gasteiger partial charge in [0.05, 0.1) is 6.04 Å². The number of nitrogens with one attached hydrogen (secondary N) is 1. The lowest BCUT2D eigenvalue weighted by atomic mass is 9.88. The molecule has 0 fully saturated rings. The van der Waals surface area contributed by atoms with Crippen molar-refractivity contribution < 1.29 is 18.3 Å². The summed E-state index contributed by atoms with van der Waals surface area (Å²) in [7, 11) is 3.44. The highest BCUT2D eigenvalue weighted by Crippen LogP contribution is 2.43. The number of carbonyl (C=O) groups excluding carboxylic acids is 1. The number of para-hydroxylation sites is 1. The fraction of sp³-hybridized carbons (Fsp3) is 0.448. The molecule has 0 saturated carbocycles. The standard InChI is InChI=1S/C29H37FN4O3/c1-20-17-23-22-9-6-7-10-24(22)37-28(23)27(34(20)19-29(2,3)30)21-12-13-25(32-18-21)36-16-15-31-14-8-11-26(35)33(4)5/h6-13,18,20,27,31H,14-17,19H2,1-5H3/b11-8+. The van der Waals surface area contributed by atoms with Gasteiger partial charge >= 0.3 is 0 Å². The molecule has 1 aliphatic rings. The summed E-state index contributed by atoms with van der Waals surface area (Å²) in [6, 6.07) is 11.8. The van der Waals surface area contributed by atoms with E-state index in [0.717, 1.165) is 28.7 Å². The number of ether oxygens (including phenoxy) is 1. The lowest BCUT2D eigenvalue weighted by Gasteiger charge is -2.41. The first-order valence-electron chi connectivity index (χ1n) is 12.8. The number of fused-ring (bicyclic) bond motifs is 3. The summed E-state index contributed by atoms with van der Waals surface area (Å²) in [6.07, 6.45) is 5.94. The lowest BCUT2D eigenvalue weighted by molar-refractivity contribution is -0.123. The first kappa shape index (κ1) is 26.8. The predicted molar refractivity (Wildman–Crippen MR) is 144 cm³/mol. The highest BCUT2D eigenvalue weighted by molar-refractivity contribution is 5.87. The number of hydrogen-bond acceptors (Lipinski definition) is 6. The maximum Gasteiger partial charge on any atom is 0.245 e. The zero-order valence-corrected chi connectivity index (χ0v) is 22.3. The molecule has 7 nitrogen and oxygen atoms in total. The van der Waals surface area contributed by atoms with E-state index in [4.69, 9.17) is 9.15 Å². The van der Waals surface area contributed by atoms with Crippen molar-refractivity contribution in [3.63, 3.8) is 0 Å². The third kappa shape index (κ3) is 6.56. The van der Waals surface area contributed by atoms with Crippen LogP contribution in [-0.4, -0.2) is 72.7 Å². The van der Waals surface area contributed by atoms with Crippen LogP contribution in [0.1, 0.15) is 43.7 Å². The number of aromatic nitrogens is 1. The Bertz CT molecular complexity index is 1230. The van der Waals surface area contributed by atoms with E-state index in [1.807, 2.05) is 30.3 Å². The van der Waals surface area contributed by atoms with E-state index < -0.39 is 5.67 Å². The van der Waals surface area contributed by atoms with Gasteiger partial charge in [0.1, 0.15) is 23.6 Å². The van der Waals surface area contributed by atoms with Gasteiger partial charge in [-0.25, -0.2) is 9.37 Å². The zero-order chi connectivity index (χ0) is 26.6. The molecule has 1 N–H and O–H groups in total. The monoisotopic (exact) mass is 508 g/mol. The second kappa shape index (κ2) is 11.4. The van der Waals surface area contributed by atoms with Crippen molar-refractivity contribution in [1.29, 1.82) is 0 Å². The average Bonchev–Trinajstić information content (AvgIpc) is 3.21. The number of hydrogen-bond donors (Lipinski definition) is 1. The fourth-order valence-electron chi connectivity index (χ4n) is 4.75. The van der Waals surface area contributed by atoms with E-state index in [2.05, 4.69) is 28.2 Å². The van der Waals surface area contributed by atoms with Crippen molar-refractivity contribution in [2.75, 3.05) is 40.3 Å². The molecule has 1 amide bonds. The minimum atomic E-state index is -1.35. The van der Waals surface area contributed by atoms with Crippen LogP contribution >= 0.6 is 0 Å². The molecule has 4 rings (SSSR count). The predicted octanol–water partition coefficient (Wildman–Crippen LogP) is 4.52. The van der Waals surface area contributed by atoms with Gasteiger partial charge in [0.2, 0.25) is 11.8 Å². The molecule has 198 valence electrons. The van der Waals surface area contributed by atoms with Crippen molar-refractivity contribution in [2.45, 2.75) is 44.9 Å². The van der Waals surface area contributed by atoms with Crippen LogP contribution in [0, 0.1) is 0 Å². The number of alkyl halides is 1. The van der Waals surface area contributed by atoms with Crippen LogP contribution in [0.25, 0.3) is 11.0 Å². The molecule has 37 heavy (non-hydrogen) atoms. The maximum absolute atomic E-state index is 14.9. The molecule has 2 aromatic heterocycles. The Morgan fingerprint density at radius 2 is 2.08 bits per heavy atom. The highest BCUT2D eigenvalue weighted by Gasteiger charge is 2.40. The van der Waals surface area contributed by atoms with Crippen molar-refractivity contribution in [1.82, 2.24) is 20.1 Å². The molecule has 3 aromatic rings. The Morgan fingerprint density at radius 1 is 1.30 bits per heavy atom. The Labute approximate surface area is 218 Å². The molecule has 1 aliphatic heterocycles. The first-order chi connectivity index (χ1) is 17.6. The van der Waals surface area contributed by atoms with Gasteiger partial charge in [-0.3, -0.25) is 9.69 Å². The minimum Gasteiger partial charge on any atom is -0.476 e. The van der Waals surface area contributed by atoms with Crippen LogP contribution in [0.2, 0.25) is 0 Å². The number of halogens is 1. The summed E-state index contributed by atoms with van der Waals surface area (Å²) in [5, 5.41) is 4.32. The number of carbonyl (C=O) groups is 1. The van der Waals surface area contributed by atoms with E-state index in [1.54, 1.807) is 46.3 Å². The lowest BCUT2D eigenvalue weighted by Crippen LogP contribution is -2.47. The summed E-state index contributed by atoms with van der Waals surface area (Å²) in [6.45, 7) is 7.30. The van der Waals surface area contributed by atoms with Crippen molar-refractivity contribution in [2.24, 2.45) is 0 Å². The Kier molecular flexibility index (Phi) is 8.29. The summed E-state index contributed by atoms with van der Waals surface area (Å²) in [5.41, 5.74) is 1.63. The molecule has 0 radical (unpaired) electrons. The van der Waals surface area contributed by atoms with Gasteiger partial charge in [-0.15, -0.1) is 0 Å². The fourth-order valence-corrected chi connectivity index (χ4v) is 4.75. The minimum absolute atomic E-state index is 0.0434. The van der Waals surface area contributed by atoms with Gasteiger partial charge in [-0.1, -0.05) is 30.3 Å². The quantitative estimate of drug-likeness (QED) is 0.321. The summed E-state index contributed by atoms with van der Waals surface area (Å²) in [5.74, 6) is 1.34. The van der Waals surface area contributed by atoms with Crippen LogP contribution in [0.5, 0.6) is 5.88 Å². The highest BCUT2D eigenvalue weighted by atomic mass is 19.1. The Morgan fingerprint density at radius 3 is 2.78 bits per heavy atom. The van der Waals surface area contributed by atoms with Gasteiger partial charge < -0.3 is 19.4 Å². The van der Waals surface area contributed by atoms with Gasteiger partial charge in [0, 0.05) is 69.1 Å². The molecular formula is C29H37FN4O3. The van der Waals surface area contributed by atoms with Gasteiger partial charge in [0.25, 0.3) is 0 Å². The number of benzene rings is 1. The number of likely N-dealkylation sites (N-methyl/N-ethyl adjacent to an activating group) is 1. The number of nitrogens with zero attached hydrogens (tertiary/aromatic N) is 3. The van der Waals surface area contributed by atoms with Crippen LogP contribution < -0.4 is 10.1 Å². The molecule has 2 atom stereocenters.